The smallest absolute Gasteiger partial charge is 0.257 e. The van der Waals surface area contributed by atoms with Gasteiger partial charge < -0.3 is 9.64 Å². The second-order valence-corrected chi connectivity index (χ2v) is 8.11. The Morgan fingerprint density at radius 2 is 1.88 bits per heavy atom. The summed E-state index contributed by atoms with van der Waals surface area (Å²) < 4.78 is 21.8. The molecule has 0 atom stereocenters. The number of hydrogen-bond acceptors (Lipinski definition) is 5. The molecule has 0 aliphatic rings. The molecule has 33 heavy (non-hydrogen) atoms. The third-order valence-electron chi connectivity index (χ3n) is 5.49. The van der Waals surface area contributed by atoms with E-state index in [-0.39, 0.29) is 5.02 Å². The topological polar surface area (TPSA) is 55.5 Å². The molecule has 0 spiro atoms. The lowest BCUT2D eigenvalue weighted by atomic mass is 10.0. The molecule has 0 fully saturated rings. The first-order valence-corrected chi connectivity index (χ1v) is 11.0. The molecule has 5 aromatic rings. The summed E-state index contributed by atoms with van der Waals surface area (Å²) in [6.07, 6.45) is 2.51. The maximum Gasteiger partial charge on any atom is 0.257 e. The minimum atomic E-state index is -0.507. The highest BCUT2D eigenvalue weighted by Crippen LogP contribution is 2.34. The fourth-order valence-corrected chi connectivity index (χ4v) is 3.94. The van der Waals surface area contributed by atoms with Crippen LogP contribution < -0.4 is 9.64 Å². The highest BCUT2D eigenvalue weighted by molar-refractivity contribution is 6.31. The lowest BCUT2D eigenvalue weighted by Crippen LogP contribution is -2.13. The molecule has 2 aromatic heterocycles. The summed E-state index contributed by atoms with van der Waals surface area (Å²) >= 11 is 6.06. The fourth-order valence-electron chi connectivity index (χ4n) is 3.78. The van der Waals surface area contributed by atoms with Gasteiger partial charge in [0, 0.05) is 18.1 Å². The zero-order valence-electron chi connectivity index (χ0n) is 18.2. The van der Waals surface area contributed by atoms with Gasteiger partial charge in [-0.3, -0.25) is 4.40 Å². The zero-order chi connectivity index (χ0) is 22.9. The molecule has 0 saturated heterocycles. The van der Waals surface area contributed by atoms with Crippen molar-refractivity contribution < 1.29 is 9.13 Å². The van der Waals surface area contributed by atoms with Crippen molar-refractivity contribution in [2.45, 2.75) is 13.3 Å². The average molecular weight is 462 g/mol. The molecule has 6 nitrogen and oxygen atoms in total. The lowest BCUT2D eigenvalue weighted by Gasteiger charge is -2.21. The molecule has 8 heteroatoms. The molecular formula is C25H21ClFN5O. The Morgan fingerprint density at radius 1 is 1.06 bits per heavy atom. The van der Waals surface area contributed by atoms with Gasteiger partial charge in [-0.1, -0.05) is 42.8 Å². The van der Waals surface area contributed by atoms with Gasteiger partial charge in [0.25, 0.3) is 5.78 Å². The van der Waals surface area contributed by atoms with Crippen LogP contribution in [0.15, 0.2) is 67.0 Å². The number of anilines is 2. The van der Waals surface area contributed by atoms with Gasteiger partial charge in [-0.05, 0) is 53.9 Å². The van der Waals surface area contributed by atoms with Gasteiger partial charge in [0.05, 0.1) is 17.1 Å². The number of halogens is 2. The van der Waals surface area contributed by atoms with E-state index in [1.165, 1.54) is 12.4 Å². The van der Waals surface area contributed by atoms with Crippen LogP contribution in [0.1, 0.15) is 13.3 Å². The van der Waals surface area contributed by atoms with Crippen LogP contribution in [-0.2, 0) is 0 Å². The Bertz CT molecular complexity index is 1450. The Morgan fingerprint density at radius 3 is 2.67 bits per heavy atom. The van der Waals surface area contributed by atoms with Crippen molar-refractivity contribution in [3.63, 3.8) is 0 Å². The van der Waals surface area contributed by atoms with Crippen LogP contribution >= 0.6 is 11.6 Å². The molecule has 3 aromatic carbocycles. The van der Waals surface area contributed by atoms with Crippen LogP contribution in [-0.4, -0.2) is 33.2 Å². The van der Waals surface area contributed by atoms with E-state index in [1.54, 1.807) is 10.5 Å². The van der Waals surface area contributed by atoms with Gasteiger partial charge in [0.1, 0.15) is 23.7 Å². The summed E-state index contributed by atoms with van der Waals surface area (Å²) in [6.45, 7) is 2.78. The molecule has 166 valence electrons. The van der Waals surface area contributed by atoms with Gasteiger partial charge >= 0.3 is 0 Å². The molecule has 0 radical (unpaired) electrons. The van der Waals surface area contributed by atoms with Crippen molar-refractivity contribution in [1.29, 1.82) is 0 Å². The minimum Gasteiger partial charge on any atom is -0.494 e. The number of hydrogen-bond donors (Lipinski definition) is 0. The normalized spacial score (nSPS) is 11.3. The van der Waals surface area contributed by atoms with Crippen LogP contribution in [0, 0.1) is 5.82 Å². The maximum absolute atomic E-state index is 14.4. The number of rotatable bonds is 6. The molecule has 0 unspecified atom stereocenters. The maximum atomic E-state index is 14.4. The van der Waals surface area contributed by atoms with E-state index < -0.39 is 5.82 Å². The monoisotopic (exact) mass is 461 g/mol. The molecule has 2 heterocycles. The van der Waals surface area contributed by atoms with Gasteiger partial charge in [-0.25, -0.2) is 4.39 Å². The Labute approximate surface area is 195 Å². The third kappa shape index (κ3) is 3.96. The van der Waals surface area contributed by atoms with E-state index in [4.69, 9.17) is 16.3 Å². The first-order valence-electron chi connectivity index (χ1n) is 10.6. The van der Waals surface area contributed by atoms with Gasteiger partial charge in [-0.2, -0.15) is 4.98 Å². The van der Waals surface area contributed by atoms with E-state index in [9.17, 15) is 4.39 Å². The number of nitrogens with zero attached hydrogens (tertiary/aromatic N) is 5. The van der Waals surface area contributed by atoms with Crippen molar-refractivity contribution in [3.05, 3.63) is 77.8 Å². The fraction of sp³-hybridized carbons (Fsp3) is 0.160. The van der Waals surface area contributed by atoms with Crippen molar-refractivity contribution in [3.8, 4) is 16.9 Å². The van der Waals surface area contributed by atoms with E-state index in [1.807, 2.05) is 54.4 Å². The van der Waals surface area contributed by atoms with Gasteiger partial charge in [0.15, 0.2) is 0 Å². The molecule has 0 aliphatic carbocycles. The van der Waals surface area contributed by atoms with Gasteiger partial charge in [0.2, 0.25) is 0 Å². The summed E-state index contributed by atoms with van der Waals surface area (Å²) in [5.41, 5.74) is 3.69. The van der Waals surface area contributed by atoms with Crippen molar-refractivity contribution in [1.82, 2.24) is 19.6 Å². The van der Waals surface area contributed by atoms with Gasteiger partial charge in [-0.15, -0.1) is 10.2 Å². The van der Waals surface area contributed by atoms with Crippen LogP contribution in [0.2, 0.25) is 5.02 Å². The molecule has 0 saturated carbocycles. The SMILES string of the molecule is CCCOc1ccc(-c2cccc(N(C)c3nc4nncn4c4cc(Cl)c(F)cc34)c2)cc1. The van der Waals surface area contributed by atoms with Crippen molar-refractivity contribution >= 4 is 39.8 Å². The number of benzene rings is 3. The molecule has 0 bridgehead atoms. The molecule has 5 rings (SSSR count). The third-order valence-corrected chi connectivity index (χ3v) is 5.78. The van der Waals surface area contributed by atoms with E-state index in [0.717, 1.165) is 29.0 Å². The Hall–Kier alpha value is -3.71. The standard InChI is InChI=1S/C25H21ClFN5O/c1-3-11-33-19-9-7-16(8-10-19)17-5-4-6-18(12-17)31(2)24-20-13-22(27)21(26)14-23(20)32-15-28-30-25(32)29-24/h4-10,12-15H,3,11H2,1-2H3. The van der Waals surface area contributed by atoms with E-state index in [2.05, 4.69) is 28.2 Å². The number of aromatic nitrogens is 4. The predicted molar refractivity (Wildman–Crippen MR) is 129 cm³/mol. The van der Waals surface area contributed by atoms with Crippen LogP contribution in [0.3, 0.4) is 0 Å². The molecule has 0 N–H and O–H groups in total. The minimum absolute atomic E-state index is 0.0330. The van der Waals surface area contributed by atoms with Crippen molar-refractivity contribution in [2.24, 2.45) is 0 Å². The highest BCUT2D eigenvalue weighted by atomic mass is 35.5. The first kappa shape index (κ1) is 21.2. The first-order chi connectivity index (χ1) is 16.0. The predicted octanol–water partition coefficient (Wildman–Crippen LogP) is 6.29. The summed E-state index contributed by atoms with van der Waals surface area (Å²) in [5, 5.41) is 8.66. The highest BCUT2D eigenvalue weighted by Gasteiger charge is 2.17. The quantitative estimate of drug-likeness (QED) is 0.297. The second-order valence-electron chi connectivity index (χ2n) is 7.70. The molecular weight excluding hydrogens is 441 g/mol. The lowest BCUT2D eigenvalue weighted by molar-refractivity contribution is 0.317. The number of ether oxygens (including phenoxy) is 1. The van der Waals surface area contributed by atoms with E-state index >= 15 is 0 Å². The molecule has 0 amide bonds. The van der Waals surface area contributed by atoms with E-state index in [0.29, 0.717) is 29.1 Å². The summed E-state index contributed by atoms with van der Waals surface area (Å²) in [6, 6.07) is 19.1. The van der Waals surface area contributed by atoms with Crippen LogP contribution in [0.25, 0.3) is 27.8 Å². The second kappa shape index (κ2) is 8.67. The summed E-state index contributed by atoms with van der Waals surface area (Å²) in [7, 11) is 1.89. The number of fused-ring (bicyclic) bond motifs is 3. The summed E-state index contributed by atoms with van der Waals surface area (Å²) in [5.74, 6) is 1.31. The summed E-state index contributed by atoms with van der Waals surface area (Å²) in [4.78, 5) is 6.55. The molecule has 0 aliphatic heterocycles. The average Bonchev–Trinajstić information content (AvgIpc) is 3.32. The zero-order valence-corrected chi connectivity index (χ0v) is 18.9. The van der Waals surface area contributed by atoms with Crippen LogP contribution in [0.5, 0.6) is 5.75 Å². The Balaban J connectivity index is 1.56. The van der Waals surface area contributed by atoms with Crippen molar-refractivity contribution in [2.75, 3.05) is 18.6 Å². The van der Waals surface area contributed by atoms with Crippen LogP contribution in [0.4, 0.5) is 15.9 Å². The Kier molecular flexibility index (Phi) is 5.56. The largest absolute Gasteiger partial charge is 0.494 e.